The summed E-state index contributed by atoms with van der Waals surface area (Å²) in [7, 11) is 3.90. The van der Waals surface area contributed by atoms with E-state index in [1.807, 2.05) is 19.0 Å². The largest absolute Gasteiger partial charge is 0.369 e. The topological polar surface area (TPSA) is 70.2 Å². The van der Waals surface area contributed by atoms with Gasteiger partial charge in [-0.15, -0.1) is 0 Å². The van der Waals surface area contributed by atoms with E-state index in [1.54, 1.807) is 6.92 Å². The smallest absolute Gasteiger partial charge is 0.274 e. The summed E-state index contributed by atoms with van der Waals surface area (Å²) in [5.74, 6) is -1.57. The van der Waals surface area contributed by atoms with Crippen molar-refractivity contribution in [3.8, 4) is 0 Å². The van der Waals surface area contributed by atoms with Crippen molar-refractivity contribution in [2.75, 3.05) is 37.8 Å². The molecule has 2 aromatic rings. The van der Waals surface area contributed by atoms with Gasteiger partial charge >= 0.3 is 0 Å². The van der Waals surface area contributed by atoms with Gasteiger partial charge in [-0.3, -0.25) is 4.79 Å². The number of halogens is 2. The first-order chi connectivity index (χ1) is 11.3. The molecule has 0 saturated carbocycles. The van der Waals surface area contributed by atoms with Crippen LogP contribution in [0.2, 0.25) is 0 Å². The van der Waals surface area contributed by atoms with Crippen LogP contribution in [0, 0.1) is 18.6 Å². The third kappa shape index (κ3) is 4.95. The van der Waals surface area contributed by atoms with Crippen molar-refractivity contribution >= 4 is 17.4 Å². The Morgan fingerprint density at radius 1 is 1.17 bits per heavy atom. The molecule has 0 aliphatic heterocycles. The van der Waals surface area contributed by atoms with Crippen molar-refractivity contribution in [3.05, 3.63) is 47.4 Å². The van der Waals surface area contributed by atoms with Gasteiger partial charge in [0.15, 0.2) is 11.6 Å². The van der Waals surface area contributed by atoms with Crippen LogP contribution in [-0.4, -0.2) is 48.0 Å². The van der Waals surface area contributed by atoms with Crippen molar-refractivity contribution in [1.82, 2.24) is 14.9 Å². The maximum atomic E-state index is 13.2. The number of hydrogen-bond acceptors (Lipinski definition) is 5. The number of hydrogen-bond donors (Lipinski definition) is 2. The molecule has 0 radical (unpaired) electrons. The van der Waals surface area contributed by atoms with Crippen LogP contribution in [0.15, 0.2) is 24.3 Å². The van der Waals surface area contributed by atoms with Crippen LogP contribution in [0.3, 0.4) is 0 Å². The fraction of sp³-hybridized carbons (Fsp3) is 0.312. The number of anilines is 2. The summed E-state index contributed by atoms with van der Waals surface area (Å²) in [4.78, 5) is 22.5. The molecule has 1 heterocycles. The van der Waals surface area contributed by atoms with E-state index in [0.29, 0.717) is 18.2 Å². The van der Waals surface area contributed by atoms with Crippen LogP contribution >= 0.6 is 0 Å². The summed E-state index contributed by atoms with van der Waals surface area (Å²) in [6.45, 7) is 3.14. The highest BCUT2D eigenvalue weighted by Crippen LogP contribution is 2.15. The first-order valence-electron chi connectivity index (χ1n) is 7.36. The quantitative estimate of drug-likeness (QED) is 0.848. The zero-order valence-electron chi connectivity index (χ0n) is 13.7. The molecule has 2 N–H and O–H groups in total. The molecule has 1 aromatic carbocycles. The van der Waals surface area contributed by atoms with Gasteiger partial charge in [0, 0.05) is 30.9 Å². The van der Waals surface area contributed by atoms with Gasteiger partial charge in [-0.2, -0.15) is 0 Å². The van der Waals surface area contributed by atoms with Crippen LogP contribution in [-0.2, 0) is 0 Å². The molecule has 0 aliphatic carbocycles. The Labute approximate surface area is 138 Å². The van der Waals surface area contributed by atoms with E-state index in [0.717, 1.165) is 18.7 Å². The van der Waals surface area contributed by atoms with Crippen molar-refractivity contribution < 1.29 is 13.6 Å². The number of likely N-dealkylation sites (N-methyl/N-ethyl adjacent to an activating group) is 1. The molecule has 0 saturated heterocycles. The summed E-state index contributed by atoms with van der Waals surface area (Å²) in [5.41, 5.74) is 0.289. The van der Waals surface area contributed by atoms with E-state index < -0.39 is 17.5 Å². The van der Waals surface area contributed by atoms with Crippen molar-refractivity contribution in [3.63, 3.8) is 0 Å². The molecular weight excluding hydrogens is 316 g/mol. The molecule has 1 amide bonds. The SMILES string of the molecule is Cc1nc(NCCN(C)C)cc(C(=O)Nc2ccc(F)c(F)c2)n1. The number of nitrogens with one attached hydrogen (secondary N) is 2. The van der Waals surface area contributed by atoms with E-state index >= 15 is 0 Å². The number of carbonyl (C=O) groups excluding carboxylic acids is 1. The number of amides is 1. The Hall–Kier alpha value is -2.61. The number of benzene rings is 1. The van der Waals surface area contributed by atoms with E-state index in [-0.39, 0.29) is 11.4 Å². The molecule has 0 fully saturated rings. The molecule has 0 spiro atoms. The average Bonchev–Trinajstić information content (AvgIpc) is 2.50. The van der Waals surface area contributed by atoms with Crippen molar-refractivity contribution in [1.29, 1.82) is 0 Å². The Kier molecular flexibility index (Phi) is 5.75. The van der Waals surface area contributed by atoms with Crippen LogP contribution < -0.4 is 10.6 Å². The molecule has 0 aliphatic rings. The Balaban J connectivity index is 2.10. The van der Waals surface area contributed by atoms with Gasteiger partial charge in [-0.1, -0.05) is 0 Å². The van der Waals surface area contributed by atoms with Crippen molar-refractivity contribution in [2.24, 2.45) is 0 Å². The molecule has 0 atom stereocenters. The van der Waals surface area contributed by atoms with Crippen molar-refractivity contribution in [2.45, 2.75) is 6.92 Å². The summed E-state index contributed by atoms with van der Waals surface area (Å²) >= 11 is 0. The summed E-state index contributed by atoms with van der Waals surface area (Å²) in [5, 5.41) is 5.59. The molecular formula is C16H19F2N5O. The van der Waals surface area contributed by atoms with Gasteiger partial charge in [-0.05, 0) is 33.2 Å². The monoisotopic (exact) mass is 335 g/mol. The lowest BCUT2D eigenvalue weighted by atomic mass is 10.2. The maximum Gasteiger partial charge on any atom is 0.274 e. The van der Waals surface area contributed by atoms with Crippen LogP contribution in [0.4, 0.5) is 20.3 Å². The Morgan fingerprint density at radius 3 is 2.58 bits per heavy atom. The maximum absolute atomic E-state index is 13.2. The Bertz CT molecular complexity index is 736. The van der Waals surface area contributed by atoms with E-state index in [9.17, 15) is 13.6 Å². The second-order valence-electron chi connectivity index (χ2n) is 5.50. The normalized spacial score (nSPS) is 10.8. The minimum absolute atomic E-state index is 0.139. The number of aromatic nitrogens is 2. The molecule has 128 valence electrons. The lowest BCUT2D eigenvalue weighted by molar-refractivity contribution is 0.102. The van der Waals surface area contributed by atoms with Gasteiger partial charge in [0.2, 0.25) is 0 Å². The zero-order chi connectivity index (χ0) is 17.7. The number of nitrogens with zero attached hydrogens (tertiary/aromatic N) is 3. The molecule has 2 rings (SSSR count). The van der Waals surface area contributed by atoms with Gasteiger partial charge < -0.3 is 15.5 Å². The highest BCUT2D eigenvalue weighted by atomic mass is 19.2. The summed E-state index contributed by atoms with van der Waals surface area (Å²) < 4.78 is 26.1. The first-order valence-corrected chi connectivity index (χ1v) is 7.36. The molecule has 8 heteroatoms. The number of rotatable bonds is 6. The van der Waals surface area contributed by atoms with Gasteiger partial charge in [-0.25, -0.2) is 18.7 Å². The first kappa shape index (κ1) is 17.7. The average molecular weight is 335 g/mol. The predicted molar refractivity (Wildman–Crippen MR) is 88.1 cm³/mol. The van der Waals surface area contributed by atoms with E-state index in [4.69, 9.17) is 0 Å². The van der Waals surface area contributed by atoms with Gasteiger partial charge in [0.05, 0.1) is 0 Å². The Morgan fingerprint density at radius 2 is 1.92 bits per heavy atom. The lowest BCUT2D eigenvalue weighted by Crippen LogP contribution is -2.22. The van der Waals surface area contributed by atoms with Crippen LogP contribution in [0.25, 0.3) is 0 Å². The second-order valence-corrected chi connectivity index (χ2v) is 5.50. The highest BCUT2D eigenvalue weighted by molar-refractivity contribution is 6.03. The minimum atomic E-state index is -1.03. The third-order valence-electron chi connectivity index (χ3n) is 3.11. The molecule has 0 bridgehead atoms. The summed E-state index contributed by atoms with van der Waals surface area (Å²) in [6.07, 6.45) is 0. The number of carbonyl (C=O) groups is 1. The molecule has 0 unspecified atom stereocenters. The highest BCUT2D eigenvalue weighted by Gasteiger charge is 2.12. The van der Waals surface area contributed by atoms with Gasteiger partial charge in [0.25, 0.3) is 5.91 Å². The molecule has 6 nitrogen and oxygen atoms in total. The second kappa shape index (κ2) is 7.78. The van der Waals surface area contributed by atoms with E-state index in [2.05, 4.69) is 20.6 Å². The predicted octanol–water partition coefficient (Wildman–Crippen LogP) is 2.29. The number of aryl methyl sites for hydroxylation is 1. The van der Waals surface area contributed by atoms with Crippen LogP contribution in [0.1, 0.15) is 16.3 Å². The molecule has 24 heavy (non-hydrogen) atoms. The molecule has 1 aromatic heterocycles. The van der Waals surface area contributed by atoms with Crippen LogP contribution in [0.5, 0.6) is 0 Å². The fourth-order valence-electron chi connectivity index (χ4n) is 1.95. The lowest BCUT2D eigenvalue weighted by Gasteiger charge is -2.12. The standard InChI is InChI=1S/C16H19F2N5O/c1-10-20-14(9-15(21-10)19-6-7-23(2)3)16(24)22-11-4-5-12(17)13(18)8-11/h4-5,8-9H,6-7H2,1-3H3,(H,22,24)(H,19,20,21). The zero-order valence-corrected chi connectivity index (χ0v) is 13.7. The third-order valence-corrected chi connectivity index (χ3v) is 3.11. The minimum Gasteiger partial charge on any atom is -0.369 e. The summed E-state index contributed by atoms with van der Waals surface area (Å²) in [6, 6.07) is 4.65. The van der Waals surface area contributed by atoms with E-state index in [1.165, 1.54) is 12.1 Å². The van der Waals surface area contributed by atoms with Gasteiger partial charge in [0.1, 0.15) is 17.3 Å². The fourth-order valence-corrected chi connectivity index (χ4v) is 1.95.